The second-order valence-corrected chi connectivity index (χ2v) is 7.03. The van der Waals surface area contributed by atoms with E-state index >= 15 is 0 Å². The molecule has 0 radical (unpaired) electrons. The lowest BCUT2D eigenvalue weighted by atomic mass is 10.0. The van der Waals surface area contributed by atoms with Gasteiger partial charge in [-0.15, -0.1) is 0 Å². The summed E-state index contributed by atoms with van der Waals surface area (Å²) in [6.45, 7) is 0.888. The summed E-state index contributed by atoms with van der Waals surface area (Å²) in [7, 11) is 0. The van der Waals surface area contributed by atoms with E-state index < -0.39 is 6.04 Å². The Morgan fingerprint density at radius 1 is 1.19 bits per heavy atom. The summed E-state index contributed by atoms with van der Waals surface area (Å²) in [5, 5.41) is 3.29. The molecule has 3 rings (SSSR count). The zero-order valence-corrected chi connectivity index (χ0v) is 12.8. The van der Waals surface area contributed by atoms with E-state index in [9.17, 15) is 9.59 Å². The van der Waals surface area contributed by atoms with Crippen molar-refractivity contribution in [1.29, 1.82) is 0 Å². The van der Waals surface area contributed by atoms with Crippen LogP contribution < -0.4 is 5.32 Å². The Morgan fingerprint density at radius 2 is 2.00 bits per heavy atom. The summed E-state index contributed by atoms with van der Waals surface area (Å²) in [5.74, 6) is 1.12. The van der Waals surface area contributed by atoms with Crippen LogP contribution in [0.5, 0.6) is 0 Å². The molecule has 4 nitrogen and oxygen atoms in total. The zero-order chi connectivity index (χ0) is 14.7. The average Bonchev–Trinajstić information content (AvgIpc) is 2.52. The summed E-state index contributed by atoms with van der Waals surface area (Å²) in [6.07, 6.45) is 3.64. The van der Waals surface area contributed by atoms with Crippen molar-refractivity contribution in [2.24, 2.45) is 0 Å². The molecule has 2 aliphatic rings. The quantitative estimate of drug-likeness (QED) is 0.929. The van der Waals surface area contributed by atoms with Crippen LogP contribution in [0.25, 0.3) is 0 Å². The number of benzene rings is 1. The van der Waals surface area contributed by atoms with Crippen molar-refractivity contribution >= 4 is 23.6 Å². The van der Waals surface area contributed by atoms with E-state index in [1.807, 2.05) is 42.1 Å². The standard InChI is InChI=1S/C16H20N2O2S/c19-14-11-18(10-13-8-4-5-9-21-13)16(20)15(17-14)12-6-2-1-3-7-12/h1-3,6-7,13,15H,4-5,8-11H2,(H,17,19). The Kier molecular flexibility index (Phi) is 4.48. The summed E-state index contributed by atoms with van der Waals surface area (Å²) in [4.78, 5) is 26.3. The molecule has 2 saturated heterocycles. The fourth-order valence-corrected chi connectivity index (χ4v) is 4.25. The SMILES string of the molecule is O=C1CN(CC2CCCCS2)C(=O)C(c2ccccc2)N1. The molecule has 0 bridgehead atoms. The smallest absolute Gasteiger partial charge is 0.250 e. The largest absolute Gasteiger partial charge is 0.339 e. The maximum absolute atomic E-state index is 12.6. The number of rotatable bonds is 3. The first-order chi connectivity index (χ1) is 10.2. The van der Waals surface area contributed by atoms with Crippen molar-refractivity contribution in [3.8, 4) is 0 Å². The van der Waals surface area contributed by atoms with Gasteiger partial charge in [0.05, 0.1) is 6.54 Å². The first kappa shape index (κ1) is 14.4. The normalized spacial score (nSPS) is 26.6. The predicted octanol–water partition coefficient (Wildman–Crippen LogP) is 1.97. The fraction of sp³-hybridized carbons (Fsp3) is 0.500. The molecular formula is C16H20N2O2S. The first-order valence-electron chi connectivity index (χ1n) is 7.49. The van der Waals surface area contributed by atoms with E-state index in [-0.39, 0.29) is 18.4 Å². The lowest BCUT2D eigenvalue weighted by molar-refractivity contribution is -0.144. The highest BCUT2D eigenvalue weighted by Crippen LogP contribution is 2.27. The highest BCUT2D eigenvalue weighted by molar-refractivity contribution is 7.99. The van der Waals surface area contributed by atoms with Gasteiger partial charge in [0.1, 0.15) is 6.04 Å². The highest BCUT2D eigenvalue weighted by atomic mass is 32.2. The van der Waals surface area contributed by atoms with Gasteiger partial charge in [0.15, 0.2) is 0 Å². The molecule has 0 spiro atoms. The molecule has 0 aliphatic carbocycles. The van der Waals surface area contributed by atoms with Gasteiger partial charge in [0.25, 0.3) is 0 Å². The minimum atomic E-state index is -0.527. The van der Waals surface area contributed by atoms with Crippen molar-refractivity contribution < 1.29 is 9.59 Å². The first-order valence-corrected chi connectivity index (χ1v) is 8.53. The molecule has 1 N–H and O–H groups in total. The van der Waals surface area contributed by atoms with Crippen LogP contribution in [0.4, 0.5) is 0 Å². The van der Waals surface area contributed by atoms with Crippen LogP contribution in [0, 0.1) is 0 Å². The monoisotopic (exact) mass is 304 g/mol. The van der Waals surface area contributed by atoms with E-state index in [1.165, 1.54) is 18.6 Å². The van der Waals surface area contributed by atoms with Crippen LogP contribution in [-0.4, -0.2) is 40.8 Å². The zero-order valence-electron chi connectivity index (χ0n) is 12.0. The van der Waals surface area contributed by atoms with Crippen molar-refractivity contribution in [2.45, 2.75) is 30.6 Å². The number of nitrogens with one attached hydrogen (secondary N) is 1. The summed E-state index contributed by atoms with van der Waals surface area (Å²) >= 11 is 1.93. The Balaban J connectivity index is 1.72. The number of carbonyl (C=O) groups excluding carboxylic acids is 2. The Labute approximate surface area is 129 Å². The van der Waals surface area contributed by atoms with Crippen LogP contribution >= 0.6 is 11.8 Å². The summed E-state index contributed by atoms with van der Waals surface area (Å²) < 4.78 is 0. The molecule has 2 atom stereocenters. The molecular weight excluding hydrogens is 284 g/mol. The van der Waals surface area contributed by atoms with E-state index in [4.69, 9.17) is 0 Å². The maximum Gasteiger partial charge on any atom is 0.250 e. The highest BCUT2D eigenvalue weighted by Gasteiger charge is 2.34. The Bertz CT molecular complexity index is 514. The average molecular weight is 304 g/mol. The van der Waals surface area contributed by atoms with Crippen LogP contribution in [-0.2, 0) is 9.59 Å². The lowest BCUT2D eigenvalue weighted by Crippen LogP contribution is -2.54. The molecule has 2 fully saturated rings. The number of nitrogens with zero attached hydrogens (tertiary/aromatic N) is 1. The van der Waals surface area contributed by atoms with Gasteiger partial charge in [-0.25, -0.2) is 0 Å². The number of thioether (sulfide) groups is 1. The molecule has 112 valence electrons. The van der Waals surface area contributed by atoms with Gasteiger partial charge < -0.3 is 10.2 Å². The van der Waals surface area contributed by atoms with Gasteiger partial charge in [-0.1, -0.05) is 36.8 Å². The van der Waals surface area contributed by atoms with E-state index in [1.54, 1.807) is 4.90 Å². The van der Waals surface area contributed by atoms with Gasteiger partial charge in [0, 0.05) is 11.8 Å². The number of hydrogen-bond acceptors (Lipinski definition) is 3. The van der Waals surface area contributed by atoms with E-state index in [0.29, 0.717) is 11.8 Å². The molecule has 2 amide bonds. The van der Waals surface area contributed by atoms with Gasteiger partial charge in [0.2, 0.25) is 11.8 Å². The molecule has 1 aromatic carbocycles. The molecule has 0 saturated carbocycles. The van der Waals surface area contributed by atoms with Crippen LogP contribution in [0.3, 0.4) is 0 Å². The van der Waals surface area contributed by atoms with Crippen LogP contribution in [0.15, 0.2) is 30.3 Å². The third kappa shape index (κ3) is 3.40. The molecule has 1 aromatic rings. The fourth-order valence-electron chi connectivity index (χ4n) is 2.93. The number of hydrogen-bond donors (Lipinski definition) is 1. The lowest BCUT2D eigenvalue weighted by Gasteiger charge is -2.35. The summed E-state index contributed by atoms with van der Waals surface area (Å²) in [6, 6.07) is 8.95. The molecule has 2 heterocycles. The topological polar surface area (TPSA) is 49.4 Å². The number of piperazine rings is 1. The molecule has 21 heavy (non-hydrogen) atoms. The third-order valence-corrected chi connectivity index (χ3v) is 5.41. The molecule has 0 aromatic heterocycles. The number of amides is 2. The number of carbonyl (C=O) groups is 2. The minimum Gasteiger partial charge on any atom is -0.339 e. The maximum atomic E-state index is 12.6. The Morgan fingerprint density at radius 3 is 2.71 bits per heavy atom. The molecule has 2 aliphatic heterocycles. The van der Waals surface area contributed by atoms with Crippen molar-refractivity contribution in [2.75, 3.05) is 18.8 Å². The molecule has 5 heteroatoms. The minimum absolute atomic E-state index is 0.0203. The summed E-state index contributed by atoms with van der Waals surface area (Å²) in [5.41, 5.74) is 0.858. The second-order valence-electron chi connectivity index (χ2n) is 5.62. The van der Waals surface area contributed by atoms with Crippen LogP contribution in [0.2, 0.25) is 0 Å². The van der Waals surface area contributed by atoms with Gasteiger partial charge in [-0.05, 0) is 24.2 Å². The van der Waals surface area contributed by atoms with Crippen LogP contribution in [0.1, 0.15) is 30.9 Å². The van der Waals surface area contributed by atoms with Gasteiger partial charge >= 0.3 is 0 Å². The van der Waals surface area contributed by atoms with Gasteiger partial charge in [-0.2, -0.15) is 11.8 Å². The molecule has 2 unspecified atom stereocenters. The van der Waals surface area contributed by atoms with E-state index in [2.05, 4.69) is 5.32 Å². The third-order valence-electron chi connectivity index (χ3n) is 4.03. The van der Waals surface area contributed by atoms with Crippen molar-refractivity contribution in [3.05, 3.63) is 35.9 Å². The van der Waals surface area contributed by atoms with Crippen molar-refractivity contribution in [3.63, 3.8) is 0 Å². The Hall–Kier alpha value is -1.49. The van der Waals surface area contributed by atoms with Crippen molar-refractivity contribution in [1.82, 2.24) is 10.2 Å². The van der Waals surface area contributed by atoms with E-state index in [0.717, 1.165) is 12.0 Å². The second kappa shape index (κ2) is 6.52. The predicted molar refractivity (Wildman–Crippen MR) is 84.0 cm³/mol. The van der Waals surface area contributed by atoms with Gasteiger partial charge in [-0.3, -0.25) is 9.59 Å².